The summed E-state index contributed by atoms with van der Waals surface area (Å²) in [5.41, 5.74) is 3.11. The van der Waals surface area contributed by atoms with Crippen LogP contribution in [0.4, 0.5) is 0 Å². The number of nitriles is 1. The third-order valence-corrected chi connectivity index (χ3v) is 3.99. The van der Waals surface area contributed by atoms with Gasteiger partial charge in [-0.3, -0.25) is 0 Å². The van der Waals surface area contributed by atoms with E-state index in [-0.39, 0.29) is 5.41 Å². The maximum Gasteiger partial charge on any atom is 0.130 e. The van der Waals surface area contributed by atoms with Crippen molar-refractivity contribution >= 4 is 15.9 Å². The Morgan fingerprint density at radius 2 is 1.81 bits per heavy atom. The van der Waals surface area contributed by atoms with Crippen LogP contribution in [0.15, 0.2) is 40.9 Å². The molecule has 2 rings (SSSR count). The van der Waals surface area contributed by atoms with Gasteiger partial charge in [0.15, 0.2) is 0 Å². The molecule has 0 spiro atoms. The van der Waals surface area contributed by atoms with E-state index in [0.29, 0.717) is 11.3 Å². The number of halogens is 1. The predicted octanol–water partition coefficient (Wildman–Crippen LogP) is 5.72. The fourth-order valence-electron chi connectivity index (χ4n) is 2.01. The average molecular weight is 344 g/mol. The Hall–Kier alpha value is -1.79. The van der Waals surface area contributed by atoms with Crippen molar-refractivity contribution in [2.45, 2.75) is 33.1 Å². The Morgan fingerprint density at radius 1 is 1.10 bits per heavy atom. The smallest absolute Gasteiger partial charge is 0.130 e. The van der Waals surface area contributed by atoms with E-state index < -0.39 is 0 Å². The van der Waals surface area contributed by atoms with Gasteiger partial charge in [0, 0.05) is 4.47 Å². The van der Waals surface area contributed by atoms with Gasteiger partial charge in [-0.15, -0.1) is 0 Å². The van der Waals surface area contributed by atoms with Crippen LogP contribution in [0.3, 0.4) is 0 Å². The Labute approximate surface area is 134 Å². The maximum absolute atomic E-state index is 8.93. The van der Waals surface area contributed by atoms with Crippen LogP contribution < -0.4 is 4.74 Å². The molecule has 2 nitrogen and oxygen atoms in total. The normalized spacial score (nSPS) is 11.0. The summed E-state index contributed by atoms with van der Waals surface area (Å²) in [6.07, 6.45) is 0. The lowest BCUT2D eigenvalue weighted by Crippen LogP contribution is -2.11. The van der Waals surface area contributed by atoms with Crippen LogP contribution in [-0.4, -0.2) is 0 Å². The number of ether oxygens (including phenoxy) is 1. The minimum Gasteiger partial charge on any atom is -0.457 e. The molecule has 21 heavy (non-hydrogen) atoms. The molecule has 108 valence electrons. The SMILES string of the molecule is Cc1cc(C(C)(C)C)ccc1Oc1ccc(C#N)c(Br)c1. The molecular formula is C18H18BrNO. The zero-order valence-electron chi connectivity index (χ0n) is 12.7. The highest BCUT2D eigenvalue weighted by atomic mass is 79.9. The molecule has 0 radical (unpaired) electrons. The molecule has 0 N–H and O–H groups in total. The third-order valence-electron chi connectivity index (χ3n) is 3.33. The van der Waals surface area contributed by atoms with Crippen molar-refractivity contribution in [3.8, 4) is 17.6 Å². The van der Waals surface area contributed by atoms with E-state index >= 15 is 0 Å². The monoisotopic (exact) mass is 343 g/mol. The first kappa shape index (κ1) is 15.6. The highest BCUT2D eigenvalue weighted by molar-refractivity contribution is 9.10. The van der Waals surface area contributed by atoms with E-state index in [1.165, 1.54) is 5.56 Å². The fraction of sp³-hybridized carbons (Fsp3) is 0.278. The number of rotatable bonds is 2. The molecule has 0 aliphatic heterocycles. The molecule has 0 saturated carbocycles. The zero-order chi connectivity index (χ0) is 15.6. The summed E-state index contributed by atoms with van der Waals surface area (Å²) in [7, 11) is 0. The summed E-state index contributed by atoms with van der Waals surface area (Å²) in [6.45, 7) is 8.63. The first-order chi connectivity index (χ1) is 9.81. The first-order valence-electron chi connectivity index (χ1n) is 6.80. The van der Waals surface area contributed by atoms with Crippen molar-refractivity contribution < 1.29 is 4.74 Å². The van der Waals surface area contributed by atoms with Crippen molar-refractivity contribution in [1.82, 2.24) is 0 Å². The van der Waals surface area contributed by atoms with Gasteiger partial charge >= 0.3 is 0 Å². The molecule has 0 heterocycles. The number of hydrogen-bond donors (Lipinski definition) is 0. The van der Waals surface area contributed by atoms with Gasteiger partial charge in [-0.05, 0) is 63.7 Å². The zero-order valence-corrected chi connectivity index (χ0v) is 14.3. The largest absolute Gasteiger partial charge is 0.457 e. The molecular weight excluding hydrogens is 326 g/mol. The second kappa shape index (κ2) is 5.91. The molecule has 0 fully saturated rings. The molecule has 0 aliphatic carbocycles. The first-order valence-corrected chi connectivity index (χ1v) is 7.59. The minimum absolute atomic E-state index is 0.126. The van der Waals surface area contributed by atoms with Crippen LogP contribution in [0.25, 0.3) is 0 Å². The van der Waals surface area contributed by atoms with Gasteiger partial charge in [0.2, 0.25) is 0 Å². The second-order valence-corrected chi connectivity index (χ2v) is 6.94. The van der Waals surface area contributed by atoms with Gasteiger partial charge < -0.3 is 4.74 Å². The molecule has 0 aromatic heterocycles. The van der Waals surface area contributed by atoms with E-state index in [4.69, 9.17) is 10.00 Å². The summed E-state index contributed by atoms with van der Waals surface area (Å²) in [6, 6.07) is 13.7. The van der Waals surface area contributed by atoms with Gasteiger partial charge in [-0.1, -0.05) is 32.9 Å². The molecule has 0 amide bonds. The summed E-state index contributed by atoms with van der Waals surface area (Å²) >= 11 is 3.37. The minimum atomic E-state index is 0.126. The third kappa shape index (κ3) is 3.65. The lowest BCUT2D eigenvalue weighted by Gasteiger charge is -2.20. The lowest BCUT2D eigenvalue weighted by molar-refractivity contribution is 0.477. The van der Waals surface area contributed by atoms with Gasteiger partial charge in [0.1, 0.15) is 17.6 Å². The van der Waals surface area contributed by atoms with Crippen LogP contribution in [0.5, 0.6) is 11.5 Å². The van der Waals surface area contributed by atoms with E-state index in [9.17, 15) is 0 Å². The molecule has 0 aliphatic rings. The van der Waals surface area contributed by atoms with Crippen molar-refractivity contribution in [2.75, 3.05) is 0 Å². The van der Waals surface area contributed by atoms with Crippen molar-refractivity contribution in [1.29, 1.82) is 5.26 Å². The quantitative estimate of drug-likeness (QED) is 0.698. The van der Waals surface area contributed by atoms with Crippen LogP contribution >= 0.6 is 15.9 Å². The predicted molar refractivity (Wildman–Crippen MR) is 88.8 cm³/mol. The second-order valence-electron chi connectivity index (χ2n) is 6.09. The fourth-order valence-corrected chi connectivity index (χ4v) is 2.45. The summed E-state index contributed by atoms with van der Waals surface area (Å²) in [4.78, 5) is 0. The van der Waals surface area contributed by atoms with Gasteiger partial charge in [0.05, 0.1) is 5.56 Å². The Kier molecular flexibility index (Phi) is 4.39. The molecule has 3 heteroatoms. The average Bonchev–Trinajstić information content (AvgIpc) is 2.40. The molecule has 0 unspecified atom stereocenters. The van der Waals surface area contributed by atoms with E-state index in [0.717, 1.165) is 15.8 Å². The molecule has 0 atom stereocenters. The summed E-state index contributed by atoms with van der Waals surface area (Å²) in [5, 5.41) is 8.93. The van der Waals surface area contributed by atoms with E-state index in [1.807, 2.05) is 19.1 Å². The highest BCUT2D eigenvalue weighted by Gasteiger charge is 2.15. The van der Waals surface area contributed by atoms with Gasteiger partial charge in [-0.25, -0.2) is 0 Å². The van der Waals surface area contributed by atoms with E-state index in [2.05, 4.69) is 54.9 Å². The van der Waals surface area contributed by atoms with Crippen molar-refractivity contribution in [3.63, 3.8) is 0 Å². The van der Waals surface area contributed by atoms with Crippen molar-refractivity contribution in [2.24, 2.45) is 0 Å². The van der Waals surface area contributed by atoms with Gasteiger partial charge in [0.25, 0.3) is 0 Å². The highest BCUT2D eigenvalue weighted by Crippen LogP contribution is 2.31. The topological polar surface area (TPSA) is 33.0 Å². The van der Waals surface area contributed by atoms with Crippen LogP contribution in [0, 0.1) is 18.3 Å². The van der Waals surface area contributed by atoms with Crippen LogP contribution in [0.1, 0.15) is 37.5 Å². The summed E-state index contributed by atoms with van der Waals surface area (Å²) < 4.78 is 6.66. The Bertz CT molecular complexity index is 708. The van der Waals surface area contributed by atoms with Gasteiger partial charge in [-0.2, -0.15) is 5.26 Å². The van der Waals surface area contributed by atoms with Crippen LogP contribution in [-0.2, 0) is 5.41 Å². The van der Waals surface area contributed by atoms with E-state index in [1.54, 1.807) is 12.1 Å². The molecule has 2 aromatic carbocycles. The van der Waals surface area contributed by atoms with Crippen LogP contribution in [0.2, 0.25) is 0 Å². The number of nitrogens with zero attached hydrogens (tertiary/aromatic N) is 1. The molecule has 0 bridgehead atoms. The maximum atomic E-state index is 8.93. The lowest BCUT2D eigenvalue weighted by atomic mass is 9.86. The molecule has 2 aromatic rings. The molecule has 0 saturated heterocycles. The number of aryl methyl sites for hydroxylation is 1. The summed E-state index contributed by atoms with van der Waals surface area (Å²) in [5.74, 6) is 1.55. The van der Waals surface area contributed by atoms with Crippen molar-refractivity contribution in [3.05, 3.63) is 57.6 Å². The Balaban J connectivity index is 2.28. The Morgan fingerprint density at radius 3 is 2.33 bits per heavy atom. The number of benzene rings is 2. The number of hydrogen-bond acceptors (Lipinski definition) is 2. The standard InChI is InChI=1S/C18H18BrNO/c1-12-9-14(18(2,3)4)6-8-17(12)21-15-7-5-13(11-20)16(19)10-15/h5-10H,1-4H3.